The molecular formula is C16H16N2O2. The Kier molecular flexibility index (Phi) is 3.39. The number of methoxy groups -OCH3 is 1. The van der Waals surface area contributed by atoms with Gasteiger partial charge in [0, 0.05) is 19.2 Å². The Labute approximate surface area is 117 Å². The minimum absolute atomic E-state index is 0.270. The highest BCUT2D eigenvalue weighted by molar-refractivity contribution is 5.92. The number of hydrogen-bond donors (Lipinski definition) is 1. The van der Waals surface area contributed by atoms with Crippen molar-refractivity contribution in [2.24, 2.45) is 0 Å². The Morgan fingerprint density at radius 3 is 2.70 bits per heavy atom. The van der Waals surface area contributed by atoms with Gasteiger partial charge in [0.2, 0.25) is 0 Å². The van der Waals surface area contributed by atoms with E-state index in [0.717, 1.165) is 28.7 Å². The number of phenolic OH excluding ortho intramolecular Hbond substituents is 1. The fraction of sp³-hybridized carbons (Fsp3) is 0.188. The van der Waals surface area contributed by atoms with Gasteiger partial charge in [-0.05, 0) is 23.8 Å². The van der Waals surface area contributed by atoms with Crippen LogP contribution in [0.5, 0.6) is 5.75 Å². The standard InChI is InChI=1S/C16H16N2O2/c1-20-10-9-18-11-17-16-14(3-2-4-15(16)18)12-5-7-13(19)8-6-12/h2-8,11,19H,9-10H2,1H3. The van der Waals surface area contributed by atoms with Crippen molar-refractivity contribution in [3.63, 3.8) is 0 Å². The highest BCUT2D eigenvalue weighted by Crippen LogP contribution is 2.28. The monoisotopic (exact) mass is 268 g/mol. The lowest BCUT2D eigenvalue weighted by atomic mass is 10.0. The fourth-order valence-corrected chi connectivity index (χ4v) is 2.33. The molecule has 3 rings (SSSR count). The first-order valence-corrected chi connectivity index (χ1v) is 6.52. The van der Waals surface area contributed by atoms with E-state index in [0.29, 0.717) is 6.61 Å². The summed E-state index contributed by atoms with van der Waals surface area (Å²) in [5.74, 6) is 0.270. The molecule has 0 amide bonds. The van der Waals surface area contributed by atoms with Crippen LogP contribution in [-0.4, -0.2) is 28.4 Å². The Morgan fingerprint density at radius 2 is 1.95 bits per heavy atom. The van der Waals surface area contributed by atoms with Gasteiger partial charge in [-0.25, -0.2) is 4.98 Å². The molecule has 0 bridgehead atoms. The van der Waals surface area contributed by atoms with Gasteiger partial charge in [0.1, 0.15) is 5.75 Å². The van der Waals surface area contributed by atoms with E-state index in [1.165, 1.54) is 0 Å². The van der Waals surface area contributed by atoms with Crippen molar-refractivity contribution < 1.29 is 9.84 Å². The number of aromatic hydroxyl groups is 1. The van der Waals surface area contributed by atoms with Gasteiger partial charge in [-0.1, -0.05) is 24.3 Å². The molecule has 4 heteroatoms. The molecule has 0 aliphatic heterocycles. The summed E-state index contributed by atoms with van der Waals surface area (Å²) in [5, 5.41) is 9.38. The number of benzene rings is 2. The summed E-state index contributed by atoms with van der Waals surface area (Å²) in [6.07, 6.45) is 1.84. The van der Waals surface area contributed by atoms with E-state index in [1.807, 2.05) is 30.6 Å². The summed E-state index contributed by atoms with van der Waals surface area (Å²) in [7, 11) is 1.70. The molecule has 3 aromatic rings. The lowest BCUT2D eigenvalue weighted by Crippen LogP contribution is -2.02. The first kappa shape index (κ1) is 12.7. The van der Waals surface area contributed by atoms with Gasteiger partial charge < -0.3 is 14.4 Å². The maximum absolute atomic E-state index is 9.38. The number of nitrogens with zero attached hydrogens (tertiary/aromatic N) is 2. The normalized spacial score (nSPS) is 11.1. The highest BCUT2D eigenvalue weighted by atomic mass is 16.5. The topological polar surface area (TPSA) is 47.3 Å². The number of phenols is 1. The molecule has 0 spiro atoms. The van der Waals surface area contributed by atoms with Crippen molar-refractivity contribution in [3.05, 3.63) is 48.8 Å². The quantitative estimate of drug-likeness (QED) is 0.791. The third-order valence-corrected chi connectivity index (χ3v) is 3.36. The van der Waals surface area contributed by atoms with Gasteiger partial charge in [0.25, 0.3) is 0 Å². The van der Waals surface area contributed by atoms with E-state index in [-0.39, 0.29) is 5.75 Å². The van der Waals surface area contributed by atoms with Crippen LogP contribution in [-0.2, 0) is 11.3 Å². The van der Waals surface area contributed by atoms with Gasteiger partial charge in [-0.2, -0.15) is 0 Å². The Bertz CT molecular complexity index is 717. The van der Waals surface area contributed by atoms with Crippen molar-refractivity contribution in [2.75, 3.05) is 13.7 Å². The maximum Gasteiger partial charge on any atom is 0.115 e. The van der Waals surface area contributed by atoms with E-state index < -0.39 is 0 Å². The molecule has 0 fully saturated rings. The summed E-state index contributed by atoms with van der Waals surface area (Å²) in [4.78, 5) is 4.52. The van der Waals surface area contributed by atoms with Crippen molar-refractivity contribution in [2.45, 2.75) is 6.54 Å². The number of imidazole rings is 1. The molecule has 0 saturated carbocycles. The van der Waals surface area contributed by atoms with Crippen LogP contribution in [0.1, 0.15) is 0 Å². The molecule has 20 heavy (non-hydrogen) atoms. The average Bonchev–Trinajstić information content (AvgIpc) is 2.89. The second kappa shape index (κ2) is 5.35. The van der Waals surface area contributed by atoms with Crippen molar-refractivity contribution in [1.29, 1.82) is 0 Å². The van der Waals surface area contributed by atoms with E-state index in [4.69, 9.17) is 4.74 Å². The number of aromatic nitrogens is 2. The van der Waals surface area contributed by atoms with Crippen molar-refractivity contribution >= 4 is 11.0 Å². The smallest absolute Gasteiger partial charge is 0.115 e. The number of ether oxygens (including phenoxy) is 1. The van der Waals surface area contributed by atoms with E-state index in [9.17, 15) is 5.11 Å². The molecule has 1 N–H and O–H groups in total. The zero-order valence-electron chi connectivity index (χ0n) is 11.3. The molecule has 0 aliphatic rings. The number of rotatable bonds is 4. The SMILES string of the molecule is COCCn1cnc2c(-c3ccc(O)cc3)cccc21. The van der Waals surface area contributed by atoms with Crippen molar-refractivity contribution in [1.82, 2.24) is 9.55 Å². The summed E-state index contributed by atoms with van der Waals surface area (Å²) in [6, 6.07) is 13.3. The van der Waals surface area contributed by atoms with Crippen LogP contribution in [0.15, 0.2) is 48.8 Å². The third-order valence-electron chi connectivity index (χ3n) is 3.36. The number of hydrogen-bond acceptors (Lipinski definition) is 3. The zero-order chi connectivity index (χ0) is 13.9. The molecule has 1 heterocycles. The predicted octanol–water partition coefficient (Wildman–Crippen LogP) is 3.06. The molecule has 0 saturated heterocycles. The van der Waals surface area contributed by atoms with Gasteiger partial charge in [-0.3, -0.25) is 0 Å². The molecule has 4 nitrogen and oxygen atoms in total. The summed E-state index contributed by atoms with van der Waals surface area (Å²) in [5.41, 5.74) is 4.17. The van der Waals surface area contributed by atoms with Crippen LogP contribution in [0.4, 0.5) is 0 Å². The predicted molar refractivity (Wildman–Crippen MR) is 78.7 cm³/mol. The largest absolute Gasteiger partial charge is 0.508 e. The number of fused-ring (bicyclic) bond motifs is 1. The summed E-state index contributed by atoms with van der Waals surface area (Å²) in [6.45, 7) is 1.45. The fourth-order valence-electron chi connectivity index (χ4n) is 2.33. The zero-order valence-corrected chi connectivity index (χ0v) is 11.3. The molecule has 2 aromatic carbocycles. The van der Waals surface area contributed by atoms with E-state index >= 15 is 0 Å². The molecule has 0 radical (unpaired) electrons. The maximum atomic E-state index is 9.38. The number of para-hydroxylation sites is 1. The molecular weight excluding hydrogens is 252 g/mol. The lowest BCUT2D eigenvalue weighted by Gasteiger charge is -2.06. The van der Waals surface area contributed by atoms with Crippen LogP contribution >= 0.6 is 0 Å². The van der Waals surface area contributed by atoms with Crippen LogP contribution in [0.2, 0.25) is 0 Å². The van der Waals surface area contributed by atoms with Gasteiger partial charge >= 0.3 is 0 Å². The average molecular weight is 268 g/mol. The van der Waals surface area contributed by atoms with Crippen LogP contribution in [0, 0.1) is 0 Å². The van der Waals surface area contributed by atoms with Crippen LogP contribution in [0.25, 0.3) is 22.2 Å². The first-order chi connectivity index (χ1) is 9.79. The Balaban J connectivity index is 2.08. The third kappa shape index (κ3) is 2.26. The summed E-state index contributed by atoms with van der Waals surface area (Å²) < 4.78 is 7.20. The Morgan fingerprint density at radius 1 is 1.15 bits per heavy atom. The first-order valence-electron chi connectivity index (χ1n) is 6.52. The lowest BCUT2D eigenvalue weighted by molar-refractivity contribution is 0.188. The molecule has 0 atom stereocenters. The highest BCUT2D eigenvalue weighted by Gasteiger charge is 2.08. The Hall–Kier alpha value is -2.33. The van der Waals surface area contributed by atoms with Crippen LogP contribution in [0.3, 0.4) is 0 Å². The summed E-state index contributed by atoms with van der Waals surface area (Å²) >= 11 is 0. The molecule has 102 valence electrons. The second-order valence-electron chi connectivity index (χ2n) is 4.65. The van der Waals surface area contributed by atoms with Gasteiger partial charge in [0.05, 0.1) is 24.0 Å². The van der Waals surface area contributed by atoms with Crippen molar-refractivity contribution in [3.8, 4) is 16.9 Å². The molecule has 1 aromatic heterocycles. The molecule has 0 aliphatic carbocycles. The van der Waals surface area contributed by atoms with Gasteiger partial charge in [0.15, 0.2) is 0 Å². The van der Waals surface area contributed by atoms with Gasteiger partial charge in [-0.15, -0.1) is 0 Å². The van der Waals surface area contributed by atoms with E-state index in [2.05, 4.69) is 15.6 Å². The van der Waals surface area contributed by atoms with E-state index in [1.54, 1.807) is 19.2 Å². The molecule has 0 unspecified atom stereocenters. The second-order valence-corrected chi connectivity index (χ2v) is 4.65. The van der Waals surface area contributed by atoms with Crippen LogP contribution < -0.4 is 0 Å². The minimum Gasteiger partial charge on any atom is -0.508 e. The minimum atomic E-state index is 0.270.